The monoisotopic (exact) mass is 340 g/mol. The van der Waals surface area contributed by atoms with E-state index in [4.69, 9.17) is 9.41 Å². The smallest absolute Gasteiger partial charge is 0.136 e. The van der Waals surface area contributed by atoms with Crippen LogP contribution in [0, 0.1) is 0 Å². The van der Waals surface area contributed by atoms with Gasteiger partial charge in [-0.3, -0.25) is 0 Å². The van der Waals surface area contributed by atoms with Crippen molar-refractivity contribution in [2.45, 2.75) is 0 Å². The van der Waals surface area contributed by atoms with Gasteiger partial charge in [0.2, 0.25) is 0 Å². The molecule has 1 aromatic heterocycles. The van der Waals surface area contributed by atoms with E-state index >= 15 is 0 Å². The molecular weight excluding hydrogens is 320 g/mol. The summed E-state index contributed by atoms with van der Waals surface area (Å²) in [6.45, 7) is 0. The standard InChI is InChI=1S/C23H20N2O/c1-25(2)19-14-12-18(13-15-19)24-21-16-23(17-8-4-3-5-9-17)26-22-11-7-6-10-20(21)22/h3-16H,1-2H3. The molecule has 0 aliphatic carbocycles. The fourth-order valence-electron chi connectivity index (χ4n) is 2.92. The van der Waals surface area contributed by atoms with Crippen LogP contribution in [-0.2, 0) is 0 Å². The third-order valence-corrected chi connectivity index (χ3v) is 4.32. The van der Waals surface area contributed by atoms with Crippen LogP contribution < -0.4 is 10.3 Å². The molecule has 0 saturated carbocycles. The Morgan fingerprint density at radius 2 is 1.46 bits per heavy atom. The van der Waals surface area contributed by atoms with Crippen LogP contribution in [0.2, 0.25) is 0 Å². The summed E-state index contributed by atoms with van der Waals surface area (Å²) in [5.74, 6) is 0.813. The summed E-state index contributed by atoms with van der Waals surface area (Å²) in [6, 6.07) is 28.4. The van der Waals surface area contributed by atoms with Gasteiger partial charge in [-0.2, -0.15) is 0 Å². The molecule has 0 spiro atoms. The van der Waals surface area contributed by atoms with Gasteiger partial charge in [-0.05, 0) is 36.4 Å². The topological polar surface area (TPSA) is 28.7 Å². The number of hydrogen-bond donors (Lipinski definition) is 0. The normalized spacial score (nSPS) is 11.7. The zero-order valence-electron chi connectivity index (χ0n) is 14.9. The van der Waals surface area contributed by atoms with Crippen molar-refractivity contribution in [3.05, 3.63) is 90.3 Å². The van der Waals surface area contributed by atoms with Crippen LogP contribution in [-0.4, -0.2) is 14.1 Å². The Balaban J connectivity index is 1.90. The third-order valence-electron chi connectivity index (χ3n) is 4.32. The Morgan fingerprint density at radius 3 is 2.19 bits per heavy atom. The van der Waals surface area contributed by atoms with Crippen molar-refractivity contribution in [3.8, 4) is 11.3 Å². The second kappa shape index (κ2) is 6.89. The van der Waals surface area contributed by atoms with Crippen LogP contribution >= 0.6 is 0 Å². The van der Waals surface area contributed by atoms with Crippen LogP contribution in [0.25, 0.3) is 22.3 Å². The molecule has 0 unspecified atom stereocenters. The van der Waals surface area contributed by atoms with E-state index in [0.29, 0.717) is 0 Å². The SMILES string of the molecule is CN(C)c1ccc(N=c2cc(-c3ccccc3)oc3ccccc23)cc1. The van der Waals surface area contributed by atoms with Crippen molar-refractivity contribution in [1.29, 1.82) is 0 Å². The maximum atomic E-state index is 6.11. The van der Waals surface area contributed by atoms with Gasteiger partial charge in [0, 0.05) is 36.8 Å². The Labute approximate surface area is 152 Å². The molecule has 0 fully saturated rings. The number of fused-ring (bicyclic) bond motifs is 1. The molecule has 4 rings (SSSR count). The predicted octanol–water partition coefficient (Wildman–Crippen LogP) is 5.40. The molecule has 0 bridgehead atoms. The molecule has 26 heavy (non-hydrogen) atoms. The molecule has 128 valence electrons. The highest BCUT2D eigenvalue weighted by atomic mass is 16.3. The minimum absolute atomic E-state index is 0.813. The minimum Gasteiger partial charge on any atom is -0.456 e. The molecule has 0 atom stereocenters. The zero-order chi connectivity index (χ0) is 17.9. The summed E-state index contributed by atoms with van der Waals surface area (Å²) in [6.07, 6.45) is 0. The minimum atomic E-state index is 0.813. The number of benzene rings is 3. The van der Waals surface area contributed by atoms with Gasteiger partial charge in [0.1, 0.15) is 11.3 Å². The summed E-state index contributed by atoms with van der Waals surface area (Å²) in [7, 11) is 4.06. The van der Waals surface area contributed by atoms with Gasteiger partial charge in [0.25, 0.3) is 0 Å². The van der Waals surface area contributed by atoms with Gasteiger partial charge in [0.15, 0.2) is 0 Å². The van der Waals surface area contributed by atoms with Crippen LogP contribution in [0.15, 0.2) is 94.3 Å². The lowest BCUT2D eigenvalue weighted by molar-refractivity contribution is 0.618. The molecular formula is C23H20N2O. The fourth-order valence-corrected chi connectivity index (χ4v) is 2.92. The molecule has 3 heteroatoms. The fraction of sp³-hybridized carbons (Fsp3) is 0.0870. The molecule has 0 N–H and O–H groups in total. The highest BCUT2D eigenvalue weighted by Gasteiger charge is 2.05. The average Bonchev–Trinajstić information content (AvgIpc) is 2.69. The number of para-hydroxylation sites is 1. The maximum absolute atomic E-state index is 6.11. The first-order valence-corrected chi connectivity index (χ1v) is 8.61. The van der Waals surface area contributed by atoms with Gasteiger partial charge >= 0.3 is 0 Å². The van der Waals surface area contributed by atoms with Crippen LogP contribution in [0.3, 0.4) is 0 Å². The Morgan fingerprint density at radius 1 is 0.769 bits per heavy atom. The largest absolute Gasteiger partial charge is 0.456 e. The van der Waals surface area contributed by atoms with Crippen molar-refractivity contribution in [3.63, 3.8) is 0 Å². The predicted molar refractivity (Wildman–Crippen MR) is 108 cm³/mol. The summed E-state index contributed by atoms with van der Waals surface area (Å²) < 4.78 is 6.11. The van der Waals surface area contributed by atoms with Gasteiger partial charge in [0.05, 0.1) is 11.0 Å². The molecule has 3 aromatic carbocycles. The van der Waals surface area contributed by atoms with Crippen LogP contribution in [0.4, 0.5) is 11.4 Å². The van der Waals surface area contributed by atoms with E-state index in [2.05, 4.69) is 17.0 Å². The summed E-state index contributed by atoms with van der Waals surface area (Å²) in [5.41, 5.74) is 3.95. The maximum Gasteiger partial charge on any atom is 0.136 e. The lowest BCUT2D eigenvalue weighted by Gasteiger charge is -2.11. The van der Waals surface area contributed by atoms with Crippen molar-refractivity contribution in [2.75, 3.05) is 19.0 Å². The quantitative estimate of drug-likeness (QED) is 0.500. The third kappa shape index (κ3) is 3.24. The van der Waals surface area contributed by atoms with E-state index in [1.54, 1.807) is 0 Å². The second-order valence-corrected chi connectivity index (χ2v) is 6.38. The molecule has 3 nitrogen and oxygen atoms in total. The first-order valence-electron chi connectivity index (χ1n) is 8.61. The number of hydrogen-bond acceptors (Lipinski definition) is 3. The Hall–Kier alpha value is -3.33. The van der Waals surface area contributed by atoms with Crippen molar-refractivity contribution in [1.82, 2.24) is 0 Å². The van der Waals surface area contributed by atoms with Gasteiger partial charge in [-0.1, -0.05) is 42.5 Å². The van der Waals surface area contributed by atoms with Gasteiger partial charge < -0.3 is 9.32 Å². The van der Waals surface area contributed by atoms with Crippen molar-refractivity contribution in [2.24, 2.45) is 4.99 Å². The summed E-state index contributed by atoms with van der Waals surface area (Å²) in [5, 5.41) is 1.91. The van der Waals surface area contributed by atoms with Crippen molar-refractivity contribution < 1.29 is 4.42 Å². The number of anilines is 1. The van der Waals surface area contributed by atoms with Gasteiger partial charge in [-0.25, -0.2) is 4.99 Å². The highest BCUT2D eigenvalue weighted by molar-refractivity contribution is 5.78. The molecule has 0 aliphatic heterocycles. The Kier molecular flexibility index (Phi) is 4.28. The number of rotatable bonds is 3. The highest BCUT2D eigenvalue weighted by Crippen LogP contribution is 2.23. The zero-order valence-corrected chi connectivity index (χ0v) is 14.9. The molecule has 0 amide bonds. The van der Waals surface area contributed by atoms with E-state index in [-0.39, 0.29) is 0 Å². The average molecular weight is 340 g/mol. The summed E-state index contributed by atoms with van der Waals surface area (Å²) in [4.78, 5) is 6.95. The summed E-state index contributed by atoms with van der Waals surface area (Å²) >= 11 is 0. The lowest BCUT2D eigenvalue weighted by Crippen LogP contribution is -2.08. The van der Waals surface area contributed by atoms with Crippen LogP contribution in [0.5, 0.6) is 0 Å². The molecule has 4 aromatic rings. The van der Waals surface area contributed by atoms with E-state index < -0.39 is 0 Å². The first kappa shape index (κ1) is 16.2. The van der Waals surface area contributed by atoms with Gasteiger partial charge in [-0.15, -0.1) is 0 Å². The second-order valence-electron chi connectivity index (χ2n) is 6.38. The van der Waals surface area contributed by atoms with E-state index in [9.17, 15) is 0 Å². The molecule has 0 saturated heterocycles. The van der Waals surface area contributed by atoms with Crippen LogP contribution in [0.1, 0.15) is 0 Å². The Bertz CT molecular complexity index is 1090. The number of nitrogens with zero attached hydrogens (tertiary/aromatic N) is 2. The van der Waals surface area contributed by atoms with Crippen molar-refractivity contribution >= 4 is 22.3 Å². The molecule has 1 heterocycles. The first-order chi connectivity index (χ1) is 12.7. The van der Waals surface area contributed by atoms with E-state index in [1.165, 1.54) is 0 Å². The molecule has 0 aliphatic rings. The lowest BCUT2D eigenvalue weighted by atomic mass is 10.1. The molecule has 0 radical (unpaired) electrons. The van der Waals surface area contributed by atoms with E-state index in [0.717, 1.165) is 39.0 Å². The van der Waals surface area contributed by atoms with E-state index in [1.807, 2.05) is 86.9 Å².